The first kappa shape index (κ1) is 18.0. The van der Waals surface area contributed by atoms with Crippen molar-refractivity contribution < 1.29 is 9.53 Å². The van der Waals surface area contributed by atoms with Crippen molar-refractivity contribution in [2.75, 3.05) is 12.5 Å². The van der Waals surface area contributed by atoms with Crippen LogP contribution in [0.4, 0.5) is 0 Å². The molecular weight excluding hydrogens is 284 g/mol. The number of rotatable bonds is 7. The topological polar surface area (TPSA) is 26.3 Å². The highest BCUT2D eigenvalue weighted by Gasteiger charge is 2.19. The summed E-state index contributed by atoms with van der Waals surface area (Å²) in [5, 5.41) is 0. The molecule has 1 aromatic carbocycles. The highest BCUT2D eigenvalue weighted by molar-refractivity contribution is 6.18. The molecule has 1 rings (SSSR count). The summed E-state index contributed by atoms with van der Waals surface area (Å²) in [5.74, 6) is 1.74. The molecule has 0 N–H and O–H groups in total. The van der Waals surface area contributed by atoms with Crippen LogP contribution in [0.5, 0.6) is 5.75 Å². The normalized spacial score (nSPS) is 11.8. The van der Waals surface area contributed by atoms with Gasteiger partial charge in [-0.15, -0.1) is 11.6 Å². The SMILES string of the molecule is CC(C)COc1ccc(C(C)(C)C)cc1C(=O)CCCCl. The smallest absolute Gasteiger partial charge is 0.166 e. The first-order valence-electron chi connectivity index (χ1n) is 7.62. The third-order valence-electron chi connectivity index (χ3n) is 3.26. The fourth-order valence-corrected chi connectivity index (χ4v) is 2.09. The Morgan fingerprint density at radius 2 is 1.95 bits per heavy atom. The summed E-state index contributed by atoms with van der Waals surface area (Å²) in [6.07, 6.45) is 1.17. The summed E-state index contributed by atoms with van der Waals surface area (Å²) in [7, 11) is 0. The van der Waals surface area contributed by atoms with Crippen molar-refractivity contribution in [3.05, 3.63) is 29.3 Å². The summed E-state index contributed by atoms with van der Waals surface area (Å²) in [6.45, 7) is 11.2. The Bertz CT molecular complexity index is 473. The van der Waals surface area contributed by atoms with E-state index < -0.39 is 0 Å². The van der Waals surface area contributed by atoms with Crippen LogP contribution in [0, 0.1) is 5.92 Å². The van der Waals surface area contributed by atoms with Crippen LogP contribution in [0.2, 0.25) is 0 Å². The van der Waals surface area contributed by atoms with Gasteiger partial charge >= 0.3 is 0 Å². The van der Waals surface area contributed by atoms with Crippen LogP contribution in [0.15, 0.2) is 18.2 Å². The molecule has 1 aromatic rings. The van der Waals surface area contributed by atoms with Crippen molar-refractivity contribution in [3.63, 3.8) is 0 Å². The van der Waals surface area contributed by atoms with E-state index in [2.05, 4.69) is 34.6 Å². The number of carbonyl (C=O) groups is 1. The lowest BCUT2D eigenvalue weighted by molar-refractivity contribution is 0.0977. The van der Waals surface area contributed by atoms with Crippen molar-refractivity contribution >= 4 is 17.4 Å². The van der Waals surface area contributed by atoms with E-state index in [1.54, 1.807) is 0 Å². The monoisotopic (exact) mass is 310 g/mol. The minimum atomic E-state index is 0.0120. The molecule has 0 aromatic heterocycles. The molecule has 21 heavy (non-hydrogen) atoms. The van der Waals surface area contributed by atoms with E-state index in [-0.39, 0.29) is 11.2 Å². The lowest BCUT2D eigenvalue weighted by Crippen LogP contribution is -2.14. The first-order chi connectivity index (χ1) is 9.75. The Hall–Kier alpha value is -1.02. The molecule has 0 amide bonds. The van der Waals surface area contributed by atoms with Gasteiger partial charge in [0.1, 0.15) is 5.75 Å². The second-order valence-electron chi connectivity index (χ2n) is 6.88. The number of ketones is 1. The predicted octanol–water partition coefficient (Wildman–Crippen LogP) is 5.22. The number of hydrogen-bond donors (Lipinski definition) is 0. The summed E-state index contributed by atoms with van der Waals surface area (Å²) in [4.78, 5) is 12.4. The zero-order chi connectivity index (χ0) is 16.0. The second-order valence-corrected chi connectivity index (χ2v) is 7.26. The fourth-order valence-electron chi connectivity index (χ4n) is 1.96. The number of ether oxygens (including phenoxy) is 1. The molecule has 0 aliphatic carbocycles. The molecule has 0 fully saturated rings. The van der Waals surface area contributed by atoms with Gasteiger partial charge in [-0.1, -0.05) is 40.7 Å². The molecule has 0 atom stereocenters. The molecule has 0 aliphatic rings. The number of halogens is 1. The average Bonchev–Trinajstić information content (AvgIpc) is 2.41. The molecular formula is C18H27ClO2. The van der Waals surface area contributed by atoms with Gasteiger partial charge in [-0.3, -0.25) is 4.79 Å². The lowest BCUT2D eigenvalue weighted by Gasteiger charge is -2.21. The third-order valence-corrected chi connectivity index (χ3v) is 3.52. The van der Waals surface area contributed by atoms with Gasteiger partial charge in [0.25, 0.3) is 0 Å². The zero-order valence-corrected chi connectivity index (χ0v) is 14.6. The van der Waals surface area contributed by atoms with Crippen molar-refractivity contribution in [3.8, 4) is 5.75 Å². The number of benzene rings is 1. The van der Waals surface area contributed by atoms with Gasteiger partial charge in [0.05, 0.1) is 12.2 Å². The van der Waals surface area contributed by atoms with Crippen LogP contribution in [0.1, 0.15) is 63.4 Å². The van der Waals surface area contributed by atoms with Crippen LogP contribution >= 0.6 is 11.6 Å². The van der Waals surface area contributed by atoms with Gasteiger partial charge in [0.2, 0.25) is 0 Å². The van der Waals surface area contributed by atoms with Crippen LogP contribution in [-0.2, 0) is 5.41 Å². The van der Waals surface area contributed by atoms with Crippen molar-refractivity contribution in [1.82, 2.24) is 0 Å². The molecule has 0 heterocycles. The van der Waals surface area contributed by atoms with Gasteiger partial charge in [-0.2, -0.15) is 0 Å². The molecule has 0 saturated heterocycles. The Morgan fingerprint density at radius 1 is 1.29 bits per heavy atom. The van der Waals surface area contributed by atoms with Gasteiger partial charge in [0, 0.05) is 12.3 Å². The summed E-state index contributed by atoms with van der Waals surface area (Å²) < 4.78 is 5.81. The minimum absolute atomic E-state index is 0.0120. The molecule has 0 aliphatic heterocycles. The lowest BCUT2D eigenvalue weighted by atomic mass is 9.85. The van der Waals surface area contributed by atoms with Gasteiger partial charge in [0.15, 0.2) is 5.78 Å². The number of alkyl halides is 1. The standard InChI is InChI=1S/C18H27ClO2/c1-13(2)12-21-17-9-8-14(18(3,4)5)11-15(17)16(20)7-6-10-19/h8-9,11,13H,6-7,10,12H2,1-5H3. The third kappa shape index (κ3) is 5.70. The first-order valence-corrected chi connectivity index (χ1v) is 8.15. The Balaban J connectivity index is 3.08. The Kier molecular flexibility index (Phi) is 6.73. The number of Topliss-reactive ketones (excluding diaryl/α,β-unsaturated/α-hetero) is 1. The van der Waals surface area contributed by atoms with E-state index in [4.69, 9.17) is 16.3 Å². The molecule has 0 saturated carbocycles. The van der Waals surface area contributed by atoms with Crippen LogP contribution in [-0.4, -0.2) is 18.3 Å². The molecule has 0 bridgehead atoms. The van der Waals surface area contributed by atoms with Gasteiger partial charge < -0.3 is 4.74 Å². The maximum Gasteiger partial charge on any atom is 0.166 e. The Morgan fingerprint density at radius 3 is 2.48 bits per heavy atom. The highest BCUT2D eigenvalue weighted by Crippen LogP contribution is 2.29. The summed E-state index contributed by atoms with van der Waals surface area (Å²) >= 11 is 5.70. The predicted molar refractivity (Wildman–Crippen MR) is 89.8 cm³/mol. The van der Waals surface area contributed by atoms with Crippen molar-refractivity contribution in [1.29, 1.82) is 0 Å². The summed E-state index contributed by atoms with van der Waals surface area (Å²) in [5.41, 5.74) is 1.85. The van der Waals surface area contributed by atoms with E-state index in [0.717, 1.165) is 5.56 Å². The minimum Gasteiger partial charge on any atom is -0.493 e. The highest BCUT2D eigenvalue weighted by atomic mass is 35.5. The largest absolute Gasteiger partial charge is 0.493 e. The zero-order valence-electron chi connectivity index (χ0n) is 13.8. The Labute approximate surface area is 133 Å². The van der Waals surface area contributed by atoms with Crippen molar-refractivity contribution in [2.45, 2.75) is 52.9 Å². The molecule has 0 unspecified atom stereocenters. The van der Waals surface area contributed by atoms with Gasteiger partial charge in [-0.05, 0) is 35.4 Å². The number of carbonyl (C=O) groups excluding carboxylic acids is 1. The van der Waals surface area contributed by atoms with E-state index >= 15 is 0 Å². The average molecular weight is 311 g/mol. The maximum atomic E-state index is 12.4. The van der Waals surface area contributed by atoms with E-state index in [9.17, 15) is 4.79 Å². The van der Waals surface area contributed by atoms with E-state index in [1.165, 1.54) is 0 Å². The number of hydrogen-bond acceptors (Lipinski definition) is 2. The molecule has 0 spiro atoms. The molecule has 3 heteroatoms. The van der Waals surface area contributed by atoms with Crippen LogP contribution < -0.4 is 4.74 Å². The van der Waals surface area contributed by atoms with Crippen molar-refractivity contribution in [2.24, 2.45) is 5.92 Å². The van der Waals surface area contributed by atoms with E-state index in [0.29, 0.717) is 42.6 Å². The van der Waals surface area contributed by atoms with Crippen LogP contribution in [0.3, 0.4) is 0 Å². The molecule has 0 radical (unpaired) electrons. The maximum absolute atomic E-state index is 12.4. The molecule has 118 valence electrons. The fraction of sp³-hybridized carbons (Fsp3) is 0.611. The molecule has 2 nitrogen and oxygen atoms in total. The van der Waals surface area contributed by atoms with E-state index in [1.807, 2.05) is 18.2 Å². The quantitative estimate of drug-likeness (QED) is 0.510. The summed E-state index contributed by atoms with van der Waals surface area (Å²) in [6, 6.07) is 5.96. The van der Waals surface area contributed by atoms with Crippen LogP contribution in [0.25, 0.3) is 0 Å². The second kappa shape index (κ2) is 7.84. The van der Waals surface area contributed by atoms with Gasteiger partial charge in [-0.25, -0.2) is 0 Å².